The fourth-order valence-corrected chi connectivity index (χ4v) is 20.0. The third kappa shape index (κ3) is 16.8. The summed E-state index contributed by atoms with van der Waals surface area (Å²) >= 11 is 0. The van der Waals surface area contributed by atoms with Gasteiger partial charge in [0.25, 0.3) is 0 Å². The zero-order valence-electron chi connectivity index (χ0n) is 52.3. The fourth-order valence-electron chi connectivity index (χ4n) is 11.2. The van der Waals surface area contributed by atoms with E-state index in [0.717, 1.165) is 33.4 Å². The van der Waals surface area contributed by atoms with Crippen LogP contribution < -0.4 is 0 Å². The Morgan fingerprint density at radius 3 is 0.571 bits per heavy atom. The predicted molar refractivity (Wildman–Crippen MR) is 353 cm³/mol. The first-order valence-electron chi connectivity index (χ1n) is 30.3. The van der Waals surface area contributed by atoms with Crippen molar-refractivity contribution in [1.29, 1.82) is 0 Å². The Balaban J connectivity index is 1.27. The SMILES string of the molecule is Cc1ccc(S(=O)(=O)N2CCCN(S(=O)(=O)c3ccc(C)cc3)Cc3cc4cc(c3)CN(S(=O)(=O)c3ccc(C)cc3)CCCN(S(=O)(=O)c3ccc(C)cc3)CCN(CC2)CCN(S(=O)(=O)c2ccc(C)cc2)CCCN(S(=O)(=O)c2ccc(C)cc2)C4)cc1. The Bertz CT molecular complexity index is 3910. The second-order valence-electron chi connectivity index (χ2n) is 23.7. The smallest absolute Gasteiger partial charge is 0.243 e. The number of benzene rings is 7. The van der Waals surface area contributed by atoms with Crippen LogP contribution in [-0.4, -0.2) is 160 Å². The molecule has 4 bridgehead atoms. The van der Waals surface area contributed by atoms with E-state index in [1.54, 1.807) is 95.9 Å². The molecule has 0 radical (unpaired) electrons. The minimum atomic E-state index is -4.39. The van der Waals surface area contributed by atoms with Gasteiger partial charge in [0.05, 0.1) is 29.4 Å². The van der Waals surface area contributed by atoms with Crippen molar-refractivity contribution >= 4 is 60.1 Å². The van der Waals surface area contributed by atoms with E-state index in [1.165, 1.54) is 98.6 Å². The summed E-state index contributed by atoms with van der Waals surface area (Å²) in [6.07, 6.45) is -0.128. The van der Waals surface area contributed by atoms with E-state index < -0.39 is 60.1 Å². The summed E-state index contributed by atoms with van der Waals surface area (Å²) in [6, 6.07) is 43.2. The van der Waals surface area contributed by atoms with E-state index in [1.807, 2.05) is 41.5 Å². The molecule has 0 N–H and O–H groups in total. The lowest BCUT2D eigenvalue weighted by molar-refractivity contribution is 0.213. The van der Waals surface area contributed by atoms with Crippen LogP contribution in [0, 0.1) is 41.5 Å². The van der Waals surface area contributed by atoms with Gasteiger partial charge >= 0.3 is 0 Å². The molecule has 7 aromatic rings. The molecule has 0 fully saturated rings. The number of fused-ring (bicyclic) bond motifs is 21. The molecular formula is C66H81N7O12S6. The average Bonchev–Trinajstić information content (AvgIpc) is 1.55. The molecule has 0 spiro atoms. The van der Waals surface area contributed by atoms with Crippen LogP contribution in [0.15, 0.2) is 193 Å². The monoisotopic (exact) mass is 1360 g/mol. The van der Waals surface area contributed by atoms with Gasteiger partial charge in [-0.15, -0.1) is 0 Å². The third-order valence-electron chi connectivity index (χ3n) is 16.6. The third-order valence-corrected chi connectivity index (χ3v) is 27.9. The van der Waals surface area contributed by atoms with Crippen molar-refractivity contribution in [3.8, 4) is 0 Å². The Morgan fingerprint density at radius 2 is 0.385 bits per heavy atom. The largest absolute Gasteiger partial charge is 0.299 e. The van der Waals surface area contributed by atoms with Crippen molar-refractivity contribution in [1.82, 2.24) is 30.7 Å². The molecule has 0 unspecified atom stereocenters. The molecule has 19 nitrogen and oxygen atoms in total. The van der Waals surface area contributed by atoms with Crippen molar-refractivity contribution in [3.63, 3.8) is 0 Å². The van der Waals surface area contributed by atoms with Crippen molar-refractivity contribution in [2.75, 3.05) is 78.5 Å². The van der Waals surface area contributed by atoms with Crippen LogP contribution in [0.25, 0.3) is 0 Å². The van der Waals surface area contributed by atoms with Crippen LogP contribution in [0.3, 0.4) is 0 Å². The normalized spacial score (nSPS) is 17.9. The molecule has 3 aliphatic heterocycles. The van der Waals surface area contributed by atoms with Crippen LogP contribution >= 0.6 is 0 Å². The predicted octanol–water partition coefficient (Wildman–Crippen LogP) is 8.68. The zero-order chi connectivity index (χ0) is 65.5. The number of nitrogens with zero attached hydrogens (tertiary/aromatic N) is 7. The Hall–Kier alpha value is -6.04. The van der Waals surface area contributed by atoms with E-state index in [2.05, 4.69) is 0 Å². The summed E-state index contributed by atoms with van der Waals surface area (Å²) in [5, 5.41) is 0. The molecule has 0 aromatic heterocycles. The second kappa shape index (κ2) is 29.1. The topological polar surface area (TPSA) is 228 Å². The fraction of sp³-hybridized carbons (Fsp3) is 0.364. The zero-order valence-corrected chi connectivity index (χ0v) is 57.2. The summed E-state index contributed by atoms with van der Waals surface area (Å²) in [7, 11) is -26.2. The molecule has 0 aliphatic carbocycles. The first-order valence-corrected chi connectivity index (χ1v) is 38.9. The van der Waals surface area contributed by atoms with E-state index in [0.29, 0.717) is 16.7 Å². The van der Waals surface area contributed by atoms with Crippen LogP contribution in [0.5, 0.6) is 0 Å². The van der Waals surface area contributed by atoms with Crippen molar-refractivity contribution in [3.05, 3.63) is 214 Å². The highest BCUT2D eigenvalue weighted by molar-refractivity contribution is 7.90. The summed E-state index contributed by atoms with van der Waals surface area (Å²) in [5.74, 6) is 0. The number of hydrogen-bond donors (Lipinski definition) is 0. The van der Waals surface area contributed by atoms with Gasteiger partial charge in [-0.05, 0) is 150 Å². The lowest BCUT2D eigenvalue weighted by atomic mass is 10.0. The summed E-state index contributed by atoms with van der Waals surface area (Å²) in [5.41, 5.74) is 5.91. The molecule has 10 rings (SSSR count). The molecule has 0 amide bonds. The number of sulfonamides is 6. The molecule has 7 aromatic carbocycles. The van der Waals surface area contributed by atoms with E-state index in [9.17, 15) is 0 Å². The Morgan fingerprint density at radius 1 is 0.220 bits per heavy atom. The van der Waals surface area contributed by atoms with Crippen LogP contribution in [0.2, 0.25) is 0 Å². The first-order chi connectivity index (χ1) is 43.0. The number of hydrogen-bond acceptors (Lipinski definition) is 13. The maximum absolute atomic E-state index is 15.2. The standard InChI is InChI=1S/C66H81N7O12S6/c1-52-10-22-61(23-11-52)86(74,75)68-34-7-37-71(89(80,81)64-28-16-55(4)17-29-64)49-58-46-59-48-60(47-58)51-73(91(84,85)66-32-20-57(6)21-33-66)39-9-36-70(88(78,79)63-26-14-54(3)15-27-63)45-42-67(40-43-68)41-44-69(87(76,77)62-24-12-53(2)13-25-62)35-8-38-72(50-59)90(82,83)65-30-18-56(5)19-31-65/h10-33,46-48H,7-9,34-45,49-51H2,1-6H3. The first kappa shape index (κ1) is 69.3. The Labute approximate surface area is 539 Å². The van der Waals surface area contributed by atoms with E-state index in [4.69, 9.17) is 0 Å². The maximum atomic E-state index is 15.2. The highest BCUT2D eigenvalue weighted by Gasteiger charge is 2.34. The van der Waals surface area contributed by atoms with Crippen LogP contribution in [0.4, 0.5) is 0 Å². The van der Waals surface area contributed by atoms with Gasteiger partial charge in [0.15, 0.2) is 0 Å². The van der Waals surface area contributed by atoms with Crippen LogP contribution in [-0.2, 0) is 79.8 Å². The summed E-state index contributed by atoms with van der Waals surface area (Å²) in [4.78, 5) is 1.69. The molecule has 91 heavy (non-hydrogen) atoms. The molecule has 3 heterocycles. The Kier molecular flexibility index (Phi) is 22.1. The second-order valence-corrected chi connectivity index (χ2v) is 35.3. The molecule has 0 saturated carbocycles. The van der Waals surface area contributed by atoms with Gasteiger partial charge in [0.2, 0.25) is 60.1 Å². The molecular weight excluding hydrogens is 1280 g/mol. The van der Waals surface area contributed by atoms with Crippen molar-refractivity contribution < 1.29 is 50.5 Å². The van der Waals surface area contributed by atoms with Crippen molar-refractivity contribution in [2.24, 2.45) is 0 Å². The molecule has 25 heteroatoms. The van der Waals surface area contributed by atoms with E-state index in [-0.39, 0.29) is 147 Å². The number of aryl methyl sites for hydroxylation is 6. The van der Waals surface area contributed by atoms with Gasteiger partial charge in [0.1, 0.15) is 0 Å². The van der Waals surface area contributed by atoms with E-state index >= 15 is 50.5 Å². The summed E-state index contributed by atoms with van der Waals surface area (Å²) in [6.45, 7) is 7.86. The van der Waals surface area contributed by atoms with Gasteiger partial charge in [-0.25, -0.2) is 50.5 Å². The quantitative estimate of drug-likeness (QED) is 0.112. The van der Waals surface area contributed by atoms with Crippen LogP contribution in [0.1, 0.15) is 69.3 Å². The summed E-state index contributed by atoms with van der Waals surface area (Å²) < 4.78 is 189. The molecule has 0 atom stereocenters. The average molecular weight is 1360 g/mol. The van der Waals surface area contributed by atoms with Gasteiger partial charge in [-0.1, -0.05) is 124 Å². The molecule has 3 aliphatic rings. The van der Waals surface area contributed by atoms with Gasteiger partial charge < -0.3 is 0 Å². The molecule has 488 valence electrons. The van der Waals surface area contributed by atoms with Gasteiger partial charge in [0, 0.05) is 98.2 Å². The highest BCUT2D eigenvalue weighted by Crippen LogP contribution is 2.29. The minimum Gasteiger partial charge on any atom is -0.299 e. The lowest BCUT2D eigenvalue weighted by Crippen LogP contribution is -2.47. The van der Waals surface area contributed by atoms with Gasteiger partial charge in [-0.2, -0.15) is 25.8 Å². The van der Waals surface area contributed by atoms with Gasteiger partial charge in [-0.3, -0.25) is 4.90 Å². The van der Waals surface area contributed by atoms with Crippen molar-refractivity contribution in [2.45, 2.75) is 110 Å². The minimum absolute atomic E-state index is 0.00959. The number of rotatable bonds is 12. The molecule has 0 saturated heterocycles. The maximum Gasteiger partial charge on any atom is 0.243 e. The lowest BCUT2D eigenvalue weighted by Gasteiger charge is -2.32. The highest BCUT2D eigenvalue weighted by atomic mass is 32.2.